The van der Waals surface area contributed by atoms with Crippen LogP contribution in [0.2, 0.25) is 0 Å². The summed E-state index contributed by atoms with van der Waals surface area (Å²) in [5, 5.41) is 5.29. The first-order chi connectivity index (χ1) is 8.90. The summed E-state index contributed by atoms with van der Waals surface area (Å²) < 4.78 is 0. The van der Waals surface area contributed by atoms with Crippen LogP contribution >= 0.6 is 0 Å². The van der Waals surface area contributed by atoms with E-state index in [2.05, 4.69) is 54.6 Å². The molecule has 18 heavy (non-hydrogen) atoms. The van der Waals surface area contributed by atoms with Crippen molar-refractivity contribution in [3.05, 3.63) is 60.2 Å². The van der Waals surface area contributed by atoms with Gasteiger partial charge < -0.3 is 0 Å². The zero-order valence-corrected chi connectivity index (χ0v) is 10.3. The Morgan fingerprint density at radius 2 is 1.44 bits per heavy atom. The third-order valence-corrected chi connectivity index (χ3v) is 3.48. The minimum absolute atomic E-state index is 0.501. The zero-order chi connectivity index (χ0) is 12.4. The molecule has 0 atom stereocenters. The monoisotopic (exact) mass is 234 g/mol. The maximum Gasteiger partial charge on any atom is 0.0103 e. The van der Waals surface area contributed by atoms with Crippen molar-refractivity contribution < 1.29 is 0 Å². The van der Waals surface area contributed by atoms with Crippen LogP contribution in [-0.2, 0) is 6.42 Å². The molecule has 0 heterocycles. The molecule has 0 aliphatic rings. The molecule has 0 saturated carbocycles. The van der Waals surface area contributed by atoms with E-state index < -0.39 is 0 Å². The SMILES string of the molecule is [NH]CCCc1cc2ccccc2c2ccccc12. The van der Waals surface area contributed by atoms with E-state index in [4.69, 9.17) is 5.73 Å². The van der Waals surface area contributed by atoms with E-state index in [9.17, 15) is 0 Å². The molecular weight excluding hydrogens is 218 g/mol. The zero-order valence-electron chi connectivity index (χ0n) is 10.3. The molecular formula is C17H16N. The van der Waals surface area contributed by atoms with E-state index in [1.165, 1.54) is 27.1 Å². The van der Waals surface area contributed by atoms with Crippen molar-refractivity contribution in [2.45, 2.75) is 12.8 Å². The Hall–Kier alpha value is -1.86. The van der Waals surface area contributed by atoms with Gasteiger partial charge in [0, 0.05) is 6.54 Å². The average molecular weight is 234 g/mol. The van der Waals surface area contributed by atoms with E-state index in [1.54, 1.807) is 0 Å². The second-order valence-electron chi connectivity index (χ2n) is 4.66. The Labute approximate surface area is 107 Å². The van der Waals surface area contributed by atoms with Crippen LogP contribution in [0.25, 0.3) is 21.5 Å². The predicted molar refractivity (Wildman–Crippen MR) is 77.7 cm³/mol. The molecule has 0 aromatic heterocycles. The highest BCUT2D eigenvalue weighted by molar-refractivity contribution is 6.08. The predicted octanol–water partition coefficient (Wildman–Crippen LogP) is 4.21. The highest BCUT2D eigenvalue weighted by atomic mass is 14.5. The van der Waals surface area contributed by atoms with Crippen LogP contribution in [0.15, 0.2) is 54.6 Å². The standard InChI is InChI=1S/C17H16N/c18-11-5-7-14-12-13-6-1-2-8-15(13)17-10-4-3-9-16(14)17/h1-4,6,8-10,12,18H,5,7,11H2. The molecule has 3 rings (SSSR count). The van der Waals surface area contributed by atoms with Crippen molar-refractivity contribution in [1.82, 2.24) is 5.73 Å². The molecule has 0 bridgehead atoms. The number of rotatable bonds is 3. The van der Waals surface area contributed by atoms with Crippen LogP contribution in [-0.4, -0.2) is 6.54 Å². The van der Waals surface area contributed by atoms with Crippen molar-refractivity contribution in [3.63, 3.8) is 0 Å². The Bertz CT molecular complexity index is 685. The van der Waals surface area contributed by atoms with E-state index in [0.29, 0.717) is 6.54 Å². The van der Waals surface area contributed by atoms with Crippen LogP contribution in [0.5, 0.6) is 0 Å². The summed E-state index contributed by atoms with van der Waals surface area (Å²) in [5.74, 6) is 0. The average Bonchev–Trinajstić information content (AvgIpc) is 2.45. The summed E-state index contributed by atoms with van der Waals surface area (Å²) >= 11 is 0. The fourth-order valence-corrected chi connectivity index (χ4v) is 2.62. The van der Waals surface area contributed by atoms with Crippen molar-refractivity contribution in [1.29, 1.82) is 0 Å². The fourth-order valence-electron chi connectivity index (χ4n) is 2.62. The third-order valence-electron chi connectivity index (χ3n) is 3.48. The largest absolute Gasteiger partial charge is 0.258 e. The maximum atomic E-state index is 7.32. The normalized spacial score (nSPS) is 11.2. The lowest BCUT2D eigenvalue weighted by Gasteiger charge is -2.10. The van der Waals surface area contributed by atoms with Gasteiger partial charge in [0.1, 0.15) is 0 Å². The Morgan fingerprint density at radius 3 is 2.22 bits per heavy atom. The van der Waals surface area contributed by atoms with Gasteiger partial charge in [-0.3, -0.25) is 5.73 Å². The molecule has 1 radical (unpaired) electrons. The lowest BCUT2D eigenvalue weighted by Crippen LogP contribution is -1.93. The van der Waals surface area contributed by atoms with Crippen molar-refractivity contribution in [2.24, 2.45) is 0 Å². The highest BCUT2D eigenvalue weighted by Gasteiger charge is 2.05. The number of fused-ring (bicyclic) bond motifs is 3. The number of benzene rings is 3. The lowest BCUT2D eigenvalue weighted by molar-refractivity contribution is 0.821. The number of nitrogens with one attached hydrogen (secondary N) is 1. The summed E-state index contributed by atoms with van der Waals surface area (Å²) in [7, 11) is 0. The van der Waals surface area contributed by atoms with Gasteiger partial charge >= 0.3 is 0 Å². The van der Waals surface area contributed by atoms with Crippen molar-refractivity contribution in [2.75, 3.05) is 6.54 Å². The first kappa shape index (κ1) is 11.2. The summed E-state index contributed by atoms with van der Waals surface area (Å²) in [4.78, 5) is 0. The van der Waals surface area contributed by atoms with Gasteiger partial charge in [-0.2, -0.15) is 0 Å². The number of aryl methyl sites for hydroxylation is 1. The van der Waals surface area contributed by atoms with Gasteiger partial charge in [0.2, 0.25) is 0 Å². The van der Waals surface area contributed by atoms with E-state index in [-0.39, 0.29) is 0 Å². The van der Waals surface area contributed by atoms with Gasteiger partial charge in [-0.05, 0) is 39.9 Å². The van der Waals surface area contributed by atoms with Crippen molar-refractivity contribution in [3.8, 4) is 0 Å². The van der Waals surface area contributed by atoms with Crippen LogP contribution < -0.4 is 5.73 Å². The Morgan fingerprint density at radius 1 is 0.778 bits per heavy atom. The molecule has 1 nitrogen and oxygen atoms in total. The van der Waals surface area contributed by atoms with Gasteiger partial charge in [0.05, 0.1) is 0 Å². The fraction of sp³-hybridized carbons (Fsp3) is 0.176. The van der Waals surface area contributed by atoms with Gasteiger partial charge in [0.15, 0.2) is 0 Å². The van der Waals surface area contributed by atoms with Crippen molar-refractivity contribution >= 4 is 21.5 Å². The van der Waals surface area contributed by atoms with E-state index in [0.717, 1.165) is 12.8 Å². The Kier molecular flexibility index (Phi) is 2.99. The summed E-state index contributed by atoms with van der Waals surface area (Å²) in [6.07, 6.45) is 1.93. The van der Waals surface area contributed by atoms with Gasteiger partial charge in [0.25, 0.3) is 0 Å². The molecule has 0 unspecified atom stereocenters. The molecule has 0 aliphatic heterocycles. The quantitative estimate of drug-likeness (QED) is 0.606. The molecule has 0 saturated heterocycles. The molecule has 89 valence electrons. The first-order valence-corrected chi connectivity index (χ1v) is 6.44. The maximum absolute atomic E-state index is 7.32. The number of hydrogen-bond acceptors (Lipinski definition) is 0. The van der Waals surface area contributed by atoms with Crippen LogP contribution in [0.4, 0.5) is 0 Å². The van der Waals surface area contributed by atoms with Gasteiger partial charge in [-0.1, -0.05) is 54.6 Å². The van der Waals surface area contributed by atoms with E-state index in [1.807, 2.05) is 0 Å². The molecule has 1 heteroatoms. The van der Waals surface area contributed by atoms with Crippen LogP contribution in [0.3, 0.4) is 0 Å². The smallest absolute Gasteiger partial charge is 0.0103 e. The minimum atomic E-state index is 0.501. The van der Waals surface area contributed by atoms with Crippen LogP contribution in [0, 0.1) is 0 Å². The molecule has 0 fully saturated rings. The molecule has 0 aliphatic carbocycles. The molecule has 0 amide bonds. The topological polar surface area (TPSA) is 23.8 Å². The van der Waals surface area contributed by atoms with Crippen LogP contribution in [0.1, 0.15) is 12.0 Å². The summed E-state index contributed by atoms with van der Waals surface area (Å²) in [5.41, 5.74) is 8.69. The minimum Gasteiger partial charge on any atom is -0.258 e. The Balaban J connectivity index is 2.32. The molecule has 1 N–H and O–H groups in total. The summed E-state index contributed by atoms with van der Waals surface area (Å²) in [6.45, 7) is 0.501. The second kappa shape index (κ2) is 4.79. The summed E-state index contributed by atoms with van der Waals surface area (Å²) in [6, 6.07) is 19.4. The molecule has 0 spiro atoms. The van der Waals surface area contributed by atoms with Gasteiger partial charge in [-0.15, -0.1) is 0 Å². The third kappa shape index (κ3) is 1.87. The molecule has 3 aromatic rings. The second-order valence-corrected chi connectivity index (χ2v) is 4.66. The lowest BCUT2D eigenvalue weighted by atomic mass is 9.95. The van der Waals surface area contributed by atoms with E-state index >= 15 is 0 Å². The molecule has 3 aromatic carbocycles. The first-order valence-electron chi connectivity index (χ1n) is 6.44. The highest BCUT2D eigenvalue weighted by Crippen LogP contribution is 2.29. The van der Waals surface area contributed by atoms with Gasteiger partial charge in [-0.25, -0.2) is 0 Å². The number of hydrogen-bond donors (Lipinski definition) is 0.